The summed E-state index contributed by atoms with van der Waals surface area (Å²) in [7, 11) is 0.749. The zero-order chi connectivity index (χ0) is 26.8. The molecule has 0 aromatic heterocycles. The Morgan fingerprint density at radius 3 is 2.03 bits per heavy atom. The number of imide groups is 1. The first-order chi connectivity index (χ1) is 17.6. The summed E-state index contributed by atoms with van der Waals surface area (Å²) >= 11 is 0. The molecule has 0 bridgehead atoms. The number of fused-ring (bicyclic) bond motifs is 1. The smallest absolute Gasteiger partial charge is 0.402 e. The molecule has 2 aromatic carbocycles. The first-order valence-electron chi connectivity index (χ1n) is 12.7. The number of aryl methyl sites for hydroxylation is 1. The second-order valence-corrected chi connectivity index (χ2v) is 10.6. The first-order valence-corrected chi connectivity index (χ1v) is 12.7. The highest BCUT2D eigenvalue weighted by atomic mass is 16.7. The van der Waals surface area contributed by atoms with Crippen molar-refractivity contribution in [2.75, 3.05) is 13.7 Å². The van der Waals surface area contributed by atoms with Crippen LogP contribution in [0.15, 0.2) is 54.6 Å². The van der Waals surface area contributed by atoms with Crippen molar-refractivity contribution in [1.82, 2.24) is 10.2 Å². The number of carbonyl (C=O) groups is 3. The molecule has 196 valence electrons. The number of carbonyl (C=O) groups excluding carboxylic acids is 3. The van der Waals surface area contributed by atoms with Gasteiger partial charge < -0.3 is 19.4 Å². The Morgan fingerprint density at radius 2 is 1.49 bits per heavy atom. The van der Waals surface area contributed by atoms with Gasteiger partial charge in [-0.2, -0.15) is 0 Å². The van der Waals surface area contributed by atoms with Gasteiger partial charge in [0.1, 0.15) is 6.04 Å². The van der Waals surface area contributed by atoms with E-state index >= 15 is 0 Å². The van der Waals surface area contributed by atoms with Gasteiger partial charge in [-0.25, -0.2) is 0 Å². The van der Waals surface area contributed by atoms with E-state index in [1.54, 1.807) is 24.3 Å². The highest BCUT2D eigenvalue weighted by Gasteiger charge is 2.54. The zero-order valence-electron chi connectivity index (χ0n) is 22.2. The van der Waals surface area contributed by atoms with Crippen LogP contribution < -0.4 is 5.32 Å². The largest absolute Gasteiger partial charge is 0.481 e. The van der Waals surface area contributed by atoms with Gasteiger partial charge in [-0.05, 0) is 64.7 Å². The number of hydrogen-bond donors (Lipinski definition) is 1. The molecule has 3 amide bonds. The molecule has 9 heteroatoms. The number of nitrogens with one attached hydrogen (secondary N) is 1. The zero-order valence-corrected chi connectivity index (χ0v) is 22.2. The van der Waals surface area contributed by atoms with Crippen molar-refractivity contribution in [3.8, 4) is 0 Å². The molecule has 2 aliphatic heterocycles. The Kier molecular flexibility index (Phi) is 7.87. The molecule has 2 atom stereocenters. The molecule has 2 heterocycles. The van der Waals surface area contributed by atoms with Crippen LogP contribution in [0.2, 0.25) is 0 Å². The van der Waals surface area contributed by atoms with E-state index in [9.17, 15) is 14.4 Å². The molecule has 4 rings (SSSR count). The maximum Gasteiger partial charge on any atom is 0.481 e. The van der Waals surface area contributed by atoms with Crippen LogP contribution in [0.1, 0.15) is 66.8 Å². The van der Waals surface area contributed by atoms with Gasteiger partial charge in [-0.15, -0.1) is 0 Å². The van der Waals surface area contributed by atoms with Gasteiger partial charge in [0.15, 0.2) is 0 Å². The van der Waals surface area contributed by atoms with Gasteiger partial charge in [-0.1, -0.05) is 42.5 Å². The van der Waals surface area contributed by atoms with Gasteiger partial charge in [-0.3, -0.25) is 19.3 Å². The van der Waals surface area contributed by atoms with E-state index in [1.807, 2.05) is 45.9 Å². The number of ether oxygens (including phenoxy) is 1. The highest BCUT2D eigenvalue weighted by molar-refractivity contribution is 6.48. The average molecular weight is 506 g/mol. The fourth-order valence-electron chi connectivity index (χ4n) is 4.70. The van der Waals surface area contributed by atoms with E-state index in [4.69, 9.17) is 14.0 Å². The Labute approximate surface area is 218 Å². The van der Waals surface area contributed by atoms with E-state index in [0.29, 0.717) is 6.42 Å². The summed E-state index contributed by atoms with van der Waals surface area (Å²) < 4.78 is 17.8. The van der Waals surface area contributed by atoms with E-state index in [2.05, 4.69) is 17.4 Å². The number of nitrogens with zero attached hydrogens (tertiary/aromatic N) is 1. The highest BCUT2D eigenvalue weighted by Crippen LogP contribution is 2.38. The number of hydrogen-bond acceptors (Lipinski definition) is 6. The SMILES string of the molecule is COCC(C(=O)N[C@@H](CCCc1ccccc1)B1OC(C)(C)C(C)(C)O1)N1C(=O)c2ccccc2C1=O. The maximum absolute atomic E-state index is 13.6. The standard InChI is InChI=1S/C28H35BN2O6/c1-27(2)28(3,4)37-29(36-27)23(17-11-14-19-12-7-6-8-13-19)30-24(32)22(18-35-5)31-25(33)20-15-9-10-16-21(20)26(31)34/h6-10,12-13,15-16,22-23H,11,14,17-18H2,1-5H3,(H,30,32)/t22?,23-/m0/s1. The normalized spacial score (nSPS) is 19.6. The fraction of sp³-hybridized carbons (Fsp3) is 0.464. The lowest BCUT2D eigenvalue weighted by Crippen LogP contribution is -2.57. The summed E-state index contributed by atoms with van der Waals surface area (Å²) in [6.07, 6.45) is 2.19. The first kappa shape index (κ1) is 27.0. The maximum atomic E-state index is 13.6. The molecular weight excluding hydrogens is 471 g/mol. The number of rotatable bonds is 10. The van der Waals surface area contributed by atoms with Crippen LogP contribution in [0.3, 0.4) is 0 Å². The van der Waals surface area contributed by atoms with E-state index in [-0.39, 0.29) is 17.7 Å². The molecule has 0 saturated carbocycles. The minimum Gasteiger partial charge on any atom is -0.402 e. The molecule has 37 heavy (non-hydrogen) atoms. The predicted octanol–water partition coefficient (Wildman–Crippen LogP) is 3.44. The van der Waals surface area contributed by atoms with E-state index in [0.717, 1.165) is 17.7 Å². The third-order valence-corrected chi connectivity index (χ3v) is 7.52. The summed E-state index contributed by atoms with van der Waals surface area (Å²) in [6, 6.07) is 15.6. The third kappa shape index (κ3) is 5.49. The molecular formula is C28H35BN2O6. The Balaban J connectivity index is 1.53. The van der Waals surface area contributed by atoms with Crippen molar-refractivity contribution in [2.45, 2.75) is 70.1 Å². The second kappa shape index (κ2) is 10.8. The number of amides is 3. The summed E-state index contributed by atoms with van der Waals surface area (Å²) in [4.78, 5) is 40.8. The second-order valence-electron chi connectivity index (χ2n) is 10.6. The quantitative estimate of drug-likeness (QED) is 0.392. The van der Waals surface area contributed by atoms with Crippen molar-refractivity contribution in [1.29, 1.82) is 0 Å². The van der Waals surface area contributed by atoms with Crippen LogP contribution in [-0.2, 0) is 25.3 Å². The molecule has 8 nitrogen and oxygen atoms in total. The number of methoxy groups -OCH3 is 1. The van der Waals surface area contributed by atoms with Gasteiger partial charge in [0.2, 0.25) is 5.91 Å². The third-order valence-electron chi connectivity index (χ3n) is 7.52. The van der Waals surface area contributed by atoms with Crippen molar-refractivity contribution < 1.29 is 28.4 Å². The van der Waals surface area contributed by atoms with Crippen molar-refractivity contribution in [3.05, 3.63) is 71.3 Å². The summed E-state index contributed by atoms with van der Waals surface area (Å²) in [5.41, 5.74) is 0.617. The van der Waals surface area contributed by atoms with Crippen LogP contribution in [0, 0.1) is 0 Å². The molecule has 0 aliphatic carbocycles. The van der Waals surface area contributed by atoms with Gasteiger partial charge in [0, 0.05) is 7.11 Å². The Hall–Kier alpha value is -3.01. The van der Waals surface area contributed by atoms with Crippen LogP contribution in [0.4, 0.5) is 0 Å². The Morgan fingerprint density at radius 1 is 0.946 bits per heavy atom. The molecule has 1 N–H and O–H groups in total. The van der Waals surface area contributed by atoms with Crippen LogP contribution >= 0.6 is 0 Å². The van der Waals surface area contributed by atoms with E-state index < -0.39 is 48.0 Å². The molecule has 2 aliphatic rings. The Bertz CT molecular complexity index is 1100. The van der Waals surface area contributed by atoms with Crippen molar-refractivity contribution >= 4 is 24.8 Å². The minimum atomic E-state index is -1.13. The lowest BCUT2D eigenvalue weighted by Gasteiger charge is -2.32. The van der Waals surface area contributed by atoms with Crippen LogP contribution in [-0.4, -0.2) is 66.6 Å². The monoisotopic (exact) mass is 506 g/mol. The summed E-state index contributed by atoms with van der Waals surface area (Å²) in [5, 5.41) is 3.04. The van der Waals surface area contributed by atoms with Gasteiger partial charge in [0.05, 0.1) is 34.9 Å². The van der Waals surface area contributed by atoms with Crippen molar-refractivity contribution in [3.63, 3.8) is 0 Å². The molecule has 0 spiro atoms. The topological polar surface area (TPSA) is 94.2 Å². The van der Waals surface area contributed by atoms with Gasteiger partial charge in [0.25, 0.3) is 11.8 Å². The minimum absolute atomic E-state index is 0.128. The summed E-state index contributed by atoms with van der Waals surface area (Å²) in [5.74, 6) is -1.99. The molecule has 1 fully saturated rings. The predicted molar refractivity (Wildman–Crippen MR) is 140 cm³/mol. The van der Waals surface area contributed by atoms with Crippen molar-refractivity contribution in [2.24, 2.45) is 0 Å². The van der Waals surface area contributed by atoms with Crippen LogP contribution in [0.5, 0.6) is 0 Å². The van der Waals surface area contributed by atoms with Crippen LogP contribution in [0.25, 0.3) is 0 Å². The molecule has 0 radical (unpaired) electrons. The fourth-order valence-corrected chi connectivity index (χ4v) is 4.70. The lowest BCUT2D eigenvalue weighted by molar-refractivity contribution is -0.127. The lowest BCUT2D eigenvalue weighted by atomic mass is 9.75. The number of benzene rings is 2. The summed E-state index contributed by atoms with van der Waals surface area (Å²) in [6.45, 7) is 7.72. The van der Waals surface area contributed by atoms with E-state index in [1.165, 1.54) is 12.7 Å². The molecule has 1 unspecified atom stereocenters. The van der Waals surface area contributed by atoms with Gasteiger partial charge >= 0.3 is 7.12 Å². The molecule has 1 saturated heterocycles. The molecule has 2 aromatic rings. The average Bonchev–Trinajstić information content (AvgIpc) is 3.24.